The number of hydrogen-bond donors (Lipinski definition) is 2. The van der Waals surface area contributed by atoms with Gasteiger partial charge >= 0.3 is 5.97 Å². The number of aryl methyl sites for hydroxylation is 1. The summed E-state index contributed by atoms with van der Waals surface area (Å²) in [4.78, 5) is 42.6. The van der Waals surface area contributed by atoms with E-state index in [2.05, 4.69) is 10.3 Å². The van der Waals surface area contributed by atoms with E-state index in [1.54, 1.807) is 20.8 Å². The predicted molar refractivity (Wildman–Crippen MR) is 134 cm³/mol. The van der Waals surface area contributed by atoms with E-state index in [9.17, 15) is 14.4 Å². The first-order chi connectivity index (χ1) is 16.7. The third kappa shape index (κ3) is 6.87. The first-order valence-electron chi connectivity index (χ1n) is 12.4. The Labute approximate surface area is 207 Å². The van der Waals surface area contributed by atoms with Crippen LogP contribution in [0.25, 0.3) is 0 Å². The minimum Gasteiger partial charge on any atom is -0.491 e. The van der Waals surface area contributed by atoms with Gasteiger partial charge in [0.2, 0.25) is 5.91 Å². The summed E-state index contributed by atoms with van der Waals surface area (Å²) >= 11 is 0. The van der Waals surface area contributed by atoms with Crippen molar-refractivity contribution >= 4 is 17.8 Å². The van der Waals surface area contributed by atoms with Crippen LogP contribution in [-0.4, -0.2) is 53.5 Å². The zero-order valence-electron chi connectivity index (χ0n) is 21.4. The summed E-state index contributed by atoms with van der Waals surface area (Å²) in [5, 5.41) is 3.00. The summed E-state index contributed by atoms with van der Waals surface area (Å²) in [5.41, 5.74) is 3.18. The monoisotopic (exact) mass is 483 g/mol. The van der Waals surface area contributed by atoms with Gasteiger partial charge in [-0.2, -0.15) is 0 Å². The number of carbonyl (C=O) groups is 3. The maximum atomic E-state index is 13.2. The summed E-state index contributed by atoms with van der Waals surface area (Å²) < 4.78 is 10.7. The average molecular weight is 484 g/mol. The molecule has 0 bridgehead atoms. The molecule has 0 aliphatic carbocycles. The number of nitrogens with one attached hydrogen (secondary N) is 2. The fourth-order valence-corrected chi connectivity index (χ4v) is 4.47. The summed E-state index contributed by atoms with van der Waals surface area (Å²) in [5.74, 6) is 0.549. The molecule has 0 atom stereocenters. The number of piperidine rings is 1. The molecule has 2 N–H and O–H groups in total. The quantitative estimate of drug-likeness (QED) is 0.522. The predicted octanol–water partition coefficient (Wildman–Crippen LogP) is 4.15. The number of amides is 2. The highest BCUT2D eigenvalue weighted by molar-refractivity contribution is 6.01. The lowest BCUT2D eigenvalue weighted by Crippen LogP contribution is -2.40. The van der Waals surface area contributed by atoms with Crippen LogP contribution in [0.4, 0.5) is 0 Å². The smallest absolute Gasteiger partial charge is 0.355 e. The van der Waals surface area contributed by atoms with Gasteiger partial charge in [-0.25, -0.2) is 4.79 Å². The molecule has 0 spiro atoms. The van der Waals surface area contributed by atoms with E-state index in [-0.39, 0.29) is 30.4 Å². The maximum absolute atomic E-state index is 13.2. The molecule has 1 aromatic carbocycles. The van der Waals surface area contributed by atoms with Crippen LogP contribution in [-0.2, 0) is 16.1 Å². The van der Waals surface area contributed by atoms with Crippen molar-refractivity contribution in [3.63, 3.8) is 0 Å². The van der Waals surface area contributed by atoms with Gasteiger partial charge in [0.25, 0.3) is 5.91 Å². The van der Waals surface area contributed by atoms with Gasteiger partial charge in [0.05, 0.1) is 18.3 Å². The van der Waals surface area contributed by atoms with Crippen LogP contribution in [0.5, 0.6) is 5.75 Å². The number of ether oxygens (including phenoxy) is 2. The van der Waals surface area contributed by atoms with Crippen molar-refractivity contribution in [1.29, 1.82) is 0 Å². The molecule has 3 rings (SSSR count). The van der Waals surface area contributed by atoms with E-state index >= 15 is 0 Å². The van der Waals surface area contributed by atoms with Gasteiger partial charge in [0.1, 0.15) is 11.4 Å². The topological polar surface area (TPSA) is 101 Å². The standard InChI is InChI=1S/C27H37N3O5/c1-6-34-27(33)25-18(4)24(19(5)29-25)26(32)30-13-11-20(12-14-30)15-23(31)28-16-21-7-9-22(10-8-21)35-17(2)3/h7-10,17,20,29H,6,11-16H2,1-5H3,(H,28,31). The van der Waals surface area contributed by atoms with E-state index < -0.39 is 5.97 Å². The maximum Gasteiger partial charge on any atom is 0.355 e. The van der Waals surface area contributed by atoms with E-state index in [0.29, 0.717) is 48.6 Å². The van der Waals surface area contributed by atoms with Crippen molar-refractivity contribution < 1.29 is 23.9 Å². The second-order valence-electron chi connectivity index (χ2n) is 9.37. The van der Waals surface area contributed by atoms with Crippen LogP contribution >= 0.6 is 0 Å². The highest BCUT2D eigenvalue weighted by Crippen LogP contribution is 2.25. The average Bonchev–Trinajstić information content (AvgIpc) is 3.12. The molecule has 0 unspecified atom stereocenters. The number of carbonyl (C=O) groups excluding carboxylic acids is 3. The van der Waals surface area contributed by atoms with Crippen molar-refractivity contribution in [3.8, 4) is 5.75 Å². The molecule has 0 radical (unpaired) electrons. The van der Waals surface area contributed by atoms with E-state index in [0.717, 1.165) is 24.2 Å². The van der Waals surface area contributed by atoms with E-state index in [4.69, 9.17) is 9.47 Å². The zero-order chi connectivity index (χ0) is 25.5. The minimum atomic E-state index is -0.447. The molecule has 1 aromatic heterocycles. The Hall–Kier alpha value is -3.29. The van der Waals surface area contributed by atoms with Crippen molar-refractivity contribution in [2.75, 3.05) is 19.7 Å². The lowest BCUT2D eigenvalue weighted by atomic mass is 9.92. The molecule has 1 aliphatic rings. The van der Waals surface area contributed by atoms with Gasteiger partial charge in [-0.1, -0.05) is 12.1 Å². The first-order valence-corrected chi connectivity index (χ1v) is 12.4. The van der Waals surface area contributed by atoms with Crippen molar-refractivity contribution in [3.05, 3.63) is 52.3 Å². The number of benzene rings is 1. The molecule has 1 fully saturated rings. The van der Waals surface area contributed by atoms with Crippen LogP contribution in [0.3, 0.4) is 0 Å². The lowest BCUT2D eigenvalue weighted by Gasteiger charge is -2.32. The van der Waals surface area contributed by atoms with Crippen molar-refractivity contribution in [2.24, 2.45) is 5.92 Å². The van der Waals surface area contributed by atoms with E-state index in [1.807, 2.05) is 43.0 Å². The molecule has 0 saturated carbocycles. The second-order valence-corrected chi connectivity index (χ2v) is 9.37. The molecule has 35 heavy (non-hydrogen) atoms. The molecular formula is C27H37N3O5. The van der Waals surface area contributed by atoms with Gasteiger partial charge in [-0.15, -0.1) is 0 Å². The summed E-state index contributed by atoms with van der Waals surface area (Å²) in [7, 11) is 0. The fourth-order valence-electron chi connectivity index (χ4n) is 4.47. The Morgan fingerprint density at radius 2 is 1.77 bits per heavy atom. The highest BCUT2D eigenvalue weighted by atomic mass is 16.5. The third-order valence-corrected chi connectivity index (χ3v) is 6.29. The zero-order valence-corrected chi connectivity index (χ0v) is 21.4. The summed E-state index contributed by atoms with van der Waals surface area (Å²) in [6, 6.07) is 7.75. The number of esters is 1. The van der Waals surface area contributed by atoms with Crippen LogP contribution in [0.2, 0.25) is 0 Å². The van der Waals surface area contributed by atoms with Crippen LogP contribution in [0, 0.1) is 19.8 Å². The largest absolute Gasteiger partial charge is 0.491 e. The number of likely N-dealkylation sites (tertiary alicyclic amines) is 1. The molecule has 8 nitrogen and oxygen atoms in total. The molecule has 2 amide bonds. The number of H-pyrrole nitrogens is 1. The Kier molecular flexibility index (Phi) is 8.95. The molecule has 1 saturated heterocycles. The highest BCUT2D eigenvalue weighted by Gasteiger charge is 2.29. The van der Waals surface area contributed by atoms with Gasteiger partial charge < -0.3 is 24.7 Å². The van der Waals surface area contributed by atoms with Crippen LogP contribution in [0.15, 0.2) is 24.3 Å². The van der Waals surface area contributed by atoms with Gasteiger partial charge in [-0.05, 0) is 76.6 Å². The number of nitrogens with zero attached hydrogens (tertiary/aromatic N) is 1. The van der Waals surface area contributed by atoms with Crippen molar-refractivity contribution in [2.45, 2.75) is 66.5 Å². The van der Waals surface area contributed by atoms with Gasteiger partial charge in [0.15, 0.2) is 0 Å². The molecular weight excluding hydrogens is 446 g/mol. The third-order valence-electron chi connectivity index (χ3n) is 6.29. The molecule has 2 heterocycles. The van der Waals surface area contributed by atoms with Crippen LogP contribution < -0.4 is 10.1 Å². The van der Waals surface area contributed by atoms with Gasteiger partial charge in [0, 0.05) is 31.7 Å². The molecule has 1 aliphatic heterocycles. The lowest BCUT2D eigenvalue weighted by molar-refractivity contribution is -0.122. The number of aromatic amines is 1. The summed E-state index contributed by atoms with van der Waals surface area (Å²) in [6.45, 7) is 11.2. The van der Waals surface area contributed by atoms with Crippen LogP contribution in [0.1, 0.15) is 77.7 Å². The molecule has 190 valence electrons. The van der Waals surface area contributed by atoms with Gasteiger partial charge in [-0.3, -0.25) is 9.59 Å². The minimum absolute atomic E-state index is 0.0219. The fraction of sp³-hybridized carbons (Fsp3) is 0.519. The summed E-state index contributed by atoms with van der Waals surface area (Å²) in [6.07, 6.45) is 2.12. The van der Waals surface area contributed by atoms with Crippen molar-refractivity contribution in [1.82, 2.24) is 15.2 Å². The van der Waals surface area contributed by atoms with E-state index in [1.165, 1.54) is 0 Å². The Balaban J connectivity index is 1.47. The Morgan fingerprint density at radius 1 is 1.11 bits per heavy atom. The Morgan fingerprint density at radius 3 is 2.37 bits per heavy atom. The number of hydrogen-bond acceptors (Lipinski definition) is 5. The second kappa shape index (κ2) is 11.9. The first kappa shape index (κ1) is 26.3. The Bertz CT molecular complexity index is 1030. The number of aromatic nitrogens is 1. The molecule has 8 heteroatoms. The normalized spacial score (nSPS) is 14.2. The molecule has 2 aromatic rings. The number of rotatable bonds is 9. The SMILES string of the molecule is CCOC(=O)c1[nH]c(C)c(C(=O)N2CCC(CC(=O)NCc3ccc(OC(C)C)cc3)CC2)c1C.